The van der Waals surface area contributed by atoms with Gasteiger partial charge in [0.25, 0.3) is 5.91 Å². The molecule has 1 aliphatic carbocycles. The van der Waals surface area contributed by atoms with Gasteiger partial charge in [0.1, 0.15) is 11.5 Å². The minimum absolute atomic E-state index is 0.0472. The molecule has 1 aromatic carbocycles. The summed E-state index contributed by atoms with van der Waals surface area (Å²) in [5.41, 5.74) is 3.08. The number of nitrogens with zero attached hydrogens (tertiary/aromatic N) is 2. The number of aryl methyl sites for hydroxylation is 1. The van der Waals surface area contributed by atoms with Crippen LogP contribution in [0.15, 0.2) is 42.5 Å². The van der Waals surface area contributed by atoms with Crippen molar-refractivity contribution in [2.45, 2.75) is 44.6 Å². The minimum Gasteiger partial charge on any atom is -0.348 e. The molecule has 0 atom stereocenters. The number of carbonyl (C=O) groups excluding carboxylic acids is 1. The molecule has 24 heavy (non-hydrogen) atoms. The van der Waals surface area contributed by atoms with Crippen molar-refractivity contribution in [2.75, 3.05) is 11.4 Å². The molecule has 2 heterocycles. The van der Waals surface area contributed by atoms with Gasteiger partial charge in [-0.25, -0.2) is 4.98 Å². The Hall–Kier alpha value is -2.36. The largest absolute Gasteiger partial charge is 0.348 e. The number of fused-ring (bicyclic) bond motifs is 1. The number of para-hydroxylation sites is 1. The van der Waals surface area contributed by atoms with E-state index in [1.165, 1.54) is 24.1 Å². The third-order valence-corrected chi connectivity index (χ3v) is 5.04. The molecule has 1 aromatic heterocycles. The van der Waals surface area contributed by atoms with Crippen LogP contribution in [0.4, 0.5) is 11.5 Å². The highest BCUT2D eigenvalue weighted by Gasteiger charge is 2.21. The van der Waals surface area contributed by atoms with Crippen LogP contribution in [0.3, 0.4) is 0 Å². The van der Waals surface area contributed by atoms with E-state index in [0.717, 1.165) is 38.0 Å². The highest BCUT2D eigenvalue weighted by atomic mass is 16.1. The second-order valence-corrected chi connectivity index (χ2v) is 6.72. The zero-order valence-electron chi connectivity index (χ0n) is 13.9. The third-order valence-electron chi connectivity index (χ3n) is 5.04. The topological polar surface area (TPSA) is 45.2 Å². The van der Waals surface area contributed by atoms with Crippen LogP contribution in [-0.4, -0.2) is 23.5 Å². The molecule has 0 unspecified atom stereocenters. The van der Waals surface area contributed by atoms with E-state index in [0.29, 0.717) is 11.7 Å². The summed E-state index contributed by atoms with van der Waals surface area (Å²) in [7, 11) is 0. The van der Waals surface area contributed by atoms with Gasteiger partial charge in [-0.3, -0.25) is 4.79 Å². The lowest BCUT2D eigenvalue weighted by Gasteiger charge is -2.30. The third kappa shape index (κ3) is 3.01. The van der Waals surface area contributed by atoms with E-state index in [1.54, 1.807) is 0 Å². The molecular formula is C20H23N3O. The van der Waals surface area contributed by atoms with Crippen LogP contribution in [-0.2, 0) is 6.42 Å². The lowest BCUT2D eigenvalue weighted by atomic mass is 10.0. The van der Waals surface area contributed by atoms with Gasteiger partial charge in [-0.15, -0.1) is 0 Å². The summed E-state index contributed by atoms with van der Waals surface area (Å²) in [6, 6.07) is 14.5. The molecule has 4 heteroatoms. The van der Waals surface area contributed by atoms with Crippen molar-refractivity contribution in [2.24, 2.45) is 0 Å². The number of carbonyl (C=O) groups is 1. The van der Waals surface area contributed by atoms with Crippen LogP contribution in [0.2, 0.25) is 0 Å². The minimum atomic E-state index is -0.0472. The summed E-state index contributed by atoms with van der Waals surface area (Å²) in [6.45, 7) is 0.942. The first-order valence-corrected chi connectivity index (χ1v) is 8.94. The van der Waals surface area contributed by atoms with E-state index in [9.17, 15) is 4.79 Å². The number of amides is 1. The second kappa shape index (κ2) is 6.63. The molecule has 4 rings (SSSR count). The maximum absolute atomic E-state index is 12.5. The van der Waals surface area contributed by atoms with Crippen molar-refractivity contribution in [1.29, 1.82) is 0 Å². The van der Waals surface area contributed by atoms with Crippen LogP contribution < -0.4 is 10.2 Å². The Labute approximate surface area is 142 Å². The predicted octanol–water partition coefficient (Wildman–Crippen LogP) is 3.84. The monoisotopic (exact) mass is 321 g/mol. The molecule has 1 amide bonds. The van der Waals surface area contributed by atoms with Crippen LogP contribution in [0.1, 0.15) is 48.2 Å². The average molecular weight is 321 g/mol. The maximum Gasteiger partial charge on any atom is 0.270 e. The van der Waals surface area contributed by atoms with Crippen molar-refractivity contribution in [3.63, 3.8) is 0 Å². The zero-order chi connectivity index (χ0) is 16.4. The molecule has 2 aromatic rings. The summed E-state index contributed by atoms with van der Waals surface area (Å²) in [5, 5.41) is 3.12. The zero-order valence-corrected chi connectivity index (χ0v) is 13.9. The van der Waals surface area contributed by atoms with Crippen molar-refractivity contribution < 1.29 is 4.79 Å². The van der Waals surface area contributed by atoms with E-state index >= 15 is 0 Å². The summed E-state index contributed by atoms with van der Waals surface area (Å²) in [5.74, 6) is 0.815. The lowest BCUT2D eigenvalue weighted by molar-refractivity contribution is 0.0933. The number of pyridine rings is 1. The molecule has 4 nitrogen and oxygen atoms in total. The van der Waals surface area contributed by atoms with Gasteiger partial charge in [-0.05, 0) is 49.4 Å². The quantitative estimate of drug-likeness (QED) is 0.934. The maximum atomic E-state index is 12.5. The Morgan fingerprint density at radius 3 is 2.75 bits per heavy atom. The van der Waals surface area contributed by atoms with Gasteiger partial charge >= 0.3 is 0 Å². The van der Waals surface area contributed by atoms with E-state index in [4.69, 9.17) is 0 Å². The van der Waals surface area contributed by atoms with E-state index < -0.39 is 0 Å². The standard InChI is InChI=1S/C20H23N3O/c24-20(21-16-9-2-3-10-16)17-11-5-13-19(22-17)23-14-6-8-15-7-1-4-12-18(15)23/h1,4-5,7,11-13,16H,2-3,6,8-10,14H2,(H,21,24). The van der Waals surface area contributed by atoms with Gasteiger partial charge in [-0.2, -0.15) is 0 Å². The lowest BCUT2D eigenvalue weighted by Crippen LogP contribution is -2.33. The van der Waals surface area contributed by atoms with Crippen molar-refractivity contribution >= 4 is 17.4 Å². The Kier molecular flexibility index (Phi) is 4.20. The van der Waals surface area contributed by atoms with Gasteiger partial charge in [0, 0.05) is 18.3 Å². The number of rotatable bonds is 3. The number of aromatic nitrogens is 1. The molecule has 1 aliphatic heterocycles. The Balaban J connectivity index is 1.58. The van der Waals surface area contributed by atoms with E-state index in [1.807, 2.05) is 18.2 Å². The molecule has 1 N–H and O–H groups in total. The normalized spacial score (nSPS) is 17.6. The highest BCUT2D eigenvalue weighted by molar-refractivity contribution is 5.93. The fourth-order valence-corrected chi connectivity index (χ4v) is 3.80. The molecule has 0 spiro atoms. The Morgan fingerprint density at radius 1 is 1.04 bits per heavy atom. The number of hydrogen-bond donors (Lipinski definition) is 1. The van der Waals surface area contributed by atoms with Crippen LogP contribution in [0.5, 0.6) is 0 Å². The summed E-state index contributed by atoms with van der Waals surface area (Å²) >= 11 is 0. The van der Waals surface area contributed by atoms with Crippen LogP contribution in [0.25, 0.3) is 0 Å². The molecule has 1 saturated carbocycles. The fraction of sp³-hybridized carbons (Fsp3) is 0.400. The van der Waals surface area contributed by atoms with Gasteiger partial charge in [-0.1, -0.05) is 37.1 Å². The van der Waals surface area contributed by atoms with Gasteiger partial charge < -0.3 is 10.2 Å². The number of hydrogen-bond acceptors (Lipinski definition) is 3. The SMILES string of the molecule is O=C(NC1CCCC1)c1cccc(N2CCCc3ccccc32)n1. The van der Waals surface area contributed by atoms with Crippen molar-refractivity contribution in [1.82, 2.24) is 10.3 Å². The molecule has 124 valence electrons. The highest BCUT2D eigenvalue weighted by Crippen LogP contribution is 2.32. The predicted molar refractivity (Wildman–Crippen MR) is 95.7 cm³/mol. The average Bonchev–Trinajstić information content (AvgIpc) is 3.14. The first-order valence-electron chi connectivity index (χ1n) is 8.94. The van der Waals surface area contributed by atoms with Crippen LogP contribution >= 0.6 is 0 Å². The molecule has 0 bridgehead atoms. The molecule has 0 radical (unpaired) electrons. The Bertz CT molecular complexity index is 737. The summed E-state index contributed by atoms with van der Waals surface area (Å²) in [4.78, 5) is 19.4. The first-order chi connectivity index (χ1) is 11.8. The van der Waals surface area contributed by atoms with Crippen molar-refractivity contribution in [3.05, 3.63) is 53.7 Å². The van der Waals surface area contributed by atoms with Crippen molar-refractivity contribution in [3.8, 4) is 0 Å². The number of anilines is 2. The number of benzene rings is 1. The molecular weight excluding hydrogens is 298 g/mol. The molecule has 2 aliphatic rings. The van der Waals surface area contributed by atoms with Gasteiger partial charge in [0.15, 0.2) is 0 Å². The van der Waals surface area contributed by atoms with Gasteiger partial charge in [0.05, 0.1) is 0 Å². The van der Waals surface area contributed by atoms with E-state index in [-0.39, 0.29) is 5.91 Å². The fourth-order valence-electron chi connectivity index (χ4n) is 3.80. The smallest absolute Gasteiger partial charge is 0.270 e. The van der Waals surface area contributed by atoms with E-state index in [2.05, 4.69) is 39.5 Å². The first kappa shape index (κ1) is 15.2. The number of nitrogens with one attached hydrogen (secondary N) is 1. The molecule has 0 saturated heterocycles. The second-order valence-electron chi connectivity index (χ2n) is 6.72. The van der Waals surface area contributed by atoms with Crippen LogP contribution in [0, 0.1) is 0 Å². The Morgan fingerprint density at radius 2 is 1.88 bits per heavy atom. The van der Waals surface area contributed by atoms with Gasteiger partial charge in [0.2, 0.25) is 0 Å². The molecule has 1 fully saturated rings. The summed E-state index contributed by atoms with van der Waals surface area (Å²) < 4.78 is 0. The summed E-state index contributed by atoms with van der Waals surface area (Å²) in [6.07, 6.45) is 6.81.